The summed E-state index contributed by atoms with van der Waals surface area (Å²) in [4.78, 5) is 11.9. The lowest BCUT2D eigenvalue weighted by Crippen LogP contribution is -2.41. The highest BCUT2D eigenvalue weighted by Crippen LogP contribution is 2.16. The van der Waals surface area contributed by atoms with Gasteiger partial charge in [0.2, 0.25) is 5.91 Å². The summed E-state index contributed by atoms with van der Waals surface area (Å²) in [6.45, 7) is 6.46. The molecule has 0 aliphatic carbocycles. The Kier molecular flexibility index (Phi) is 4.01. The Morgan fingerprint density at radius 2 is 2.33 bits per heavy atom. The zero-order valence-corrected chi connectivity index (χ0v) is 11.2. The first kappa shape index (κ1) is 13.1. The summed E-state index contributed by atoms with van der Waals surface area (Å²) in [5.74, 6) is 0.708. The molecule has 1 aliphatic heterocycles. The first-order valence-corrected chi connectivity index (χ1v) is 6.40. The van der Waals surface area contributed by atoms with Crippen molar-refractivity contribution >= 4 is 5.91 Å². The van der Waals surface area contributed by atoms with Gasteiger partial charge in [-0.1, -0.05) is 5.16 Å². The Hall–Kier alpha value is -1.36. The van der Waals surface area contributed by atoms with E-state index in [1.165, 1.54) is 0 Å². The molecule has 1 amide bonds. The van der Waals surface area contributed by atoms with E-state index in [4.69, 9.17) is 9.26 Å². The topological polar surface area (TPSA) is 64.4 Å². The van der Waals surface area contributed by atoms with E-state index >= 15 is 0 Å². The fourth-order valence-electron chi connectivity index (χ4n) is 2.31. The predicted octanol–water partition coefficient (Wildman–Crippen LogP) is 1.52. The van der Waals surface area contributed by atoms with Gasteiger partial charge in [-0.3, -0.25) is 4.79 Å². The fourth-order valence-corrected chi connectivity index (χ4v) is 2.31. The molecule has 1 N–H and O–H groups in total. The smallest absolute Gasteiger partial charge is 0.224 e. The van der Waals surface area contributed by atoms with Crippen molar-refractivity contribution in [3.63, 3.8) is 0 Å². The van der Waals surface area contributed by atoms with Gasteiger partial charge in [0, 0.05) is 12.2 Å². The number of hydrogen-bond acceptors (Lipinski definition) is 4. The fraction of sp³-hybridized carbons (Fsp3) is 0.692. The third-order valence-corrected chi connectivity index (χ3v) is 3.43. The van der Waals surface area contributed by atoms with Crippen LogP contribution in [0.3, 0.4) is 0 Å². The average Bonchev–Trinajstić information content (AvgIpc) is 2.94. The van der Waals surface area contributed by atoms with E-state index in [0.717, 1.165) is 30.7 Å². The van der Waals surface area contributed by atoms with E-state index < -0.39 is 0 Å². The van der Waals surface area contributed by atoms with Gasteiger partial charge in [-0.05, 0) is 33.6 Å². The molecule has 0 unspecified atom stereocenters. The molecule has 1 aromatic rings. The van der Waals surface area contributed by atoms with Gasteiger partial charge in [0.25, 0.3) is 0 Å². The molecule has 1 fully saturated rings. The lowest BCUT2D eigenvalue weighted by Gasteiger charge is -2.19. The summed E-state index contributed by atoms with van der Waals surface area (Å²) in [6.07, 6.45) is 2.57. The maximum atomic E-state index is 11.9. The lowest BCUT2D eigenvalue weighted by atomic mass is 10.1. The van der Waals surface area contributed by atoms with Crippen LogP contribution in [0.15, 0.2) is 4.52 Å². The minimum absolute atomic E-state index is 0.00704. The number of nitrogens with zero attached hydrogens (tertiary/aromatic N) is 1. The Morgan fingerprint density at radius 1 is 1.56 bits per heavy atom. The SMILES string of the molecule is Cc1noc(C)c1CC(=O)N[C@@H](C)[C@H]1CCCO1. The van der Waals surface area contributed by atoms with E-state index in [1.807, 2.05) is 20.8 Å². The predicted molar refractivity (Wildman–Crippen MR) is 66.3 cm³/mol. The summed E-state index contributed by atoms with van der Waals surface area (Å²) in [5, 5.41) is 6.83. The summed E-state index contributed by atoms with van der Waals surface area (Å²) >= 11 is 0. The lowest BCUT2D eigenvalue weighted by molar-refractivity contribution is -0.121. The second-order valence-corrected chi connectivity index (χ2v) is 4.89. The molecule has 1 saturated heterocycles. The number of carbonyl (C=O) groups is 1. The summed E-state index contributed by atoms with van der Waals surface area (Å²) < 4.78 is 10.6. The van der Waals surface area contributed by atoms with Gasteiger partial charge < -0.3 is 14.6 Å². The number of hydrogen-bond donors (Lipinski definition) is 1. The van der Waals surface area contributed by atoms with Crippen molar-refractivity contribution in [3.05, 3.63) is 17.0 Å². The van der Waals surface area contributed by atoms with Crippen LogP contribution in [0.2, 0.25) is 0 Å². The molecule has 0 radical (unpaired) electrons. The number of aryl methyl sites for hydroxylation is 2. The maximum Gasteiger partial charge on any atom is 0.224 e. The van der Waals surface area contributed by atoms with E-state index in [9.17, 15) is 4.79 Å². The molecular weight excluding hydrogens is 232 g/mol. The molecule has 100 valence electrons. The van der Waals surface area contributed by atoms with E-state index in [0.29, 0.717) is 12.2 Å². The van der Waals surface area contributed by atoms with Gasteiger partial charge in [0.1, 0.15) is 5.76 Å². The highest BCUT2D eigenvalue weighted by atomic mass is 16.5. The summed E-state index contributed by atoms with van der Waals surface area (Å²) in [5.41, 5.74) is 1.67. The second kappa shape index (κ2) is 5.52. The second-order valence-electron chi connectivity index (χ2n) is 4.89. The van der Waals surface area contributed by atoms with Gasteiger partial charge >= 0.3 is 0 Å². The minimum Gasteiger partial charge on any atom is -0.376 e. The monoisotopic (exact) mass is 252 g/mol. The summed E-state index contributed by atoms with van der Waals surface area (Å²) in [7, 11) is 0. The van der Waals surface area contributed by atoms with Gasteiger partial charge in [-0.15, -0.1) is 0 Å². The van der Waals surface area contributed by atoms with Crippen LogP contribution >= 0.6 is 0 Å². The van der Waals surface area contributed by atoms with Gasteiger partial charge in [-0.2, -0.15) is 0 Å². The molecule has 2 rings (SSSR count). The van der Waals surface area contributed by atoms with Crippen molar-refractivity contribution in [2.75, 3.05) is 6.61 Å². The van der Waals surface area contributed by atoms with Crippen molar-refractivity contribution in [1.82, 2.24) is 10.5 Å². The maximum absolute atomic E-state index is 11.9. The molecule has 0 aromatic carbocycles. The summed E-state index contributed by atoms with van der Waals surface area (Å²) in [6, 6.07) is 0.0560. The van der Waals surface area contributed by atoms with Gasteiger partial charge in [-0.25, -0.2) is 0 Å². The third-order valence-electron chi connectivity index (χ3n) is 3.43. The van der Waals surface area contributed by atoms with E-state index in [2.05, 4.69) is 10.5 Å². The molecule has 0 saturated carbocycles. The number of rotatable bonds is 4. The molecule has 1 aliphatic rings. The van der Waals surface area contributed by atoms with E-state index in [-0.39, 0.29) is 18.1 Å². The molecule has 18 heavy (non-hydrogen) atoms. The first-order chi connectivity index (χ1) is 8.58. The molecule has 5 nitrogen and oxygen atoms in total. The van der Waals surface area contributed by atoms with Crippen molar-refractivity contribution in [3.8, 4) is 0 Å². The Bertz CT molecular complexity index is 402. The third kappa shape index (κ3) is 2.90. The molecule has 1 aromatic heterocycles. The number of ether oxygens (including phenoxy) is 1. The van der Waals surface area contributed by atoms with Gasteiger partial charge in [0.15, 0.2) is 0 Å². The van der Waals surface area contributed by atoms with Crippen LogP contribution in [0.4, 0.5) is 0 Å². The Balaban J connectivity index is 1.88. The zero-order valence-electron chi connectivity index (χ0n) is 11.2. The van der Waals surface area contributed by atoms with Crippen LogP contribution < -0.4 is 5.32 Å². The zero-order chi connectivity index (χ0) is 13.1. The Labute approximate surface area is 107 Å². The standard InChI is InChI=1S/C13H20N2O3/c1-8-11(10(3)18-15-8)7-13(16)14-9(2)12-5-4-6-17-12/h9,12H,4-7H2,1-3H3,(H,14,16)/t9-,12+/m0/s1. The van der Waals surface area contributed by atoms with Crippen molar-refractivity contribution < 1.29 is 14.1 Å². The molecule has 0 bridgehead atoms. The number of amides is 1. The Morgan fingerprint density at radius 3 is 2.89 bits per heavy atom. The highest BCUT2D eigenvalue weighted by Gasteiger charge is 2.24. The number of nitrogens with one attached hydrogen (secondary N) is 1. The van der Waals surface area contributed by atoms with Crippen LogP contribution in [0.5, 0.6) is 0 Å². The number of carbonyl (C=O) groups excluding carboxylic acids is 1. The molecule has 0 spiro atoms. The van der Waals surface area contributed by atoms with Crippen molar-refractivity contribution in [1.29, 1.82) is 0 Å². The van der Waals surface area contributed by atoms with Crippen LogP contribution in [0.25, 0.3) is 0 Å². The van der Waals surface area contributed by atoms with Crippen molar-refractivity contribution in [2.45, 2.75) is 52.2 Å². The minimum atomic E-state index is -0.00704. The van der Waals surface area contributed by atoms with Crippen LogP contribution in [0.1, 0.15) is 36.8 Å². The van der Waals surface area contributed by atoms with Crippen LogP contribution in [-0.2, 0) is 16.0 Å². The molecule has 2 atom stereocenters. The number of aromatic nitrogens is 1. The first-order valence-electron chi connectivity index (χ1n) is 6.40. The largest absolute Gasteiger partial charge is 0.376 e. The molecular formula is C13H20N2O3. The van der Waals surface area contributed by atoms with Crippen molar-refractivity contribution in [2.24, 2.45) is 0 Å². The molecule has 5 heteroatoms. The van der Waals surface area contributed by atoms with Crippen LogP contribution in [0, 0.1) is 13.8 Å². The van der Waals surface area contributed by atoms with E-state index in [1.54, 1.807) is 0 Å². The highest BCUT2D eigenvalue weighted by molar-refractivity contribution is 5.79. The van der Waals surface area contributed by atoms with Crippen LogP contribution in [-0.4, -0.2) is 29.8 Å². The normalized spacial score (nSPS) is 20.9. The quantitative estimate of drug-likeness (QED) is 0.882. The average molecular weight is 252 g/mol. The van der Waals surface area contributed by atoms with Gasteiger partial charge in [0.05, 0.1) is 24.3 Å². The molecule has 2 heterocycles.